The van der Waals surface area contributed by atoms with Gasteiger partial charge in [0.05, 0.1) is 11.6 Å². The molecule has 2 heterocycles. The van der Waals surface area contributed by atoms with Gasteiger partial charge in [-0.05, 0) is 35.7 Å². The molecule has 1 aliphatic heterocycles. The minimum atomic E-state index is -0.578. The van der Waals surface area contributed by atoms with Crippen molar-refractivity contribution in [2.24, 2.45) is 0 Å². The van der Waals surface area contributed by atoms with E-state index in [1.54, 1.807) is 24.5 Å². The standard InChI is InChI=1S/C17H11ClFN3O/c18-12-2-1-9(19)6-10(12)16-15-13(20)5-8-3-4-21-7-11(8)14(15)17(23)22-16/h1-7,16H,20H2,(H,22,23). The molecule has 0 bridgehead atoms. The highest BCUT2D eigenvalue weighted by molar-refractivity contribution is 6.31. The lowest BCUT2D eigenvalue weighted by Gasteiger charge is -2.16. The predicted molar refractivity (Wildman–Crippen MR) is 86.9 cm³/mol. The summed E-state index contributed by atoms with van der Waals surface area (Å²) < 4.78 is 13.6. The van der Waals surface area contributed by atoms with Gasteiger partial charge in [-0.1, -0.05) is 11.6 Å². The summed E-state index contributed by atoms with van der Waals surface area (Å²) in [5, 5.41) is 4.75. The van der Waals surface area contributed by atoms with Crippen molar-refractivity contribution in [2.45, 2.75) is 6.04 Å². The number of hydrogen-bond donors (Lipinski definition) is 2. The quantitative estimate of drug-likeness (QED) is 0.673. The zero-order valence-electron chi connectivity index (χ0n) is 11.8. The van der Waals surface area contributed by atoms with E-state index in [9.17, 15) is 9.18 Å². The average molecular weight is 328 g/mol. The molecule has 0 spiro atoms. The molecule has 0 saturated heterocycles. The molecule has 1 aliphatic rings. The highest BCUT2D eigenvalue weighted by atomic mass is 35.5. The van der Waals surface area contributed by atoms with Gasteiger partial charge in [0.15, 0.2) is 0 Å². The second kappa shape index (κ2) is 4.93. The van der Waals surface area contributed by atoms with Gasteiger partial charge >= 0.3 is 0 Å². The number of rotatable bonds is 1. The van der Waals surface area contributed by atoms with Crippen LogP contribution in [0.15, 0.2) is 42.7 Å². The van der Waals surface area contributed by atoms with Crippen LogP contribution in [0.3, 0.4) is 0 Å². The monoisotopic (exact) mass is 327 g/mol. The maximum atomic E-state index is 13.6. The molecule has 1 amide bonds. The van der Waals surface area contributed by atoms with Crippen LogP contribution in [0.2, 0.25) is 5.02 Å². The largest absolute Gasteiger partial charge is 0.398 e. The van der Waals surface area contributed by atoms with Crippen LogP contribution in [0.4, 0.5) is 10.1 Å². The first-order chi connectivity index (χ1) is 11.1. The highest BCUT2D eigenvalue weighted by Crippen LogP contribution is 2.41. The number of halogens is 2. The van der Waals surface area contributed by atoms with Crippen LogP contribution < -0.4 is 11.1 Å². The number of hydrogen-bond acceptors (Lipinski definition) is 3. The molecule has 0 radical (unpaired) electrons. The number of amides is 1. The fraction of sp³-hybridized carbons (Fsp3) is 0.0588. The molecule has 1 atom stereocenters. The van der Waals surface area contributed by atoms with E-state index in [1.165, 1.54) is 18.2 Å². The van der Waals surface area contributed by atoms with Crippen LogP contribution in [0.5, 0.6) is 0 Å². The van der Waals surface area contributed by atoms with Gasteiger partial charge in [0.2, 0.25) is 0 Å². The molecule has 4 nitrogen and oxygen atoms in total. The summed E-state index contributed by atoms with van der Waals surface area (Å²) in [6.07, 6.45) is 3.27. The topological polar surface area (TPSA) is 68.0 Å². The van der Waals surface area contributed by atoms with Crippen LogP contribution in [0.25, 0.3) is 10.8 Å². The van der Waals surface area contributed by atoms with E-state index < -0.39 is 11.9 Å². The van der Waals surface area contributed by atoms with Crippen molar-refractivity contribution in [3.63, 3.8) is 0 Å². The van der Waals surface area contributed by atoms with Crippen molar-refractivity contribution in [1.29, 1.82) is 0 Å². The van der Waals surface area contributed by atoms with E-state index >= 15 is 0 Å². The van der Waals surface area contributed by atoms with Crippen LogP contribution in [-0.2, 0) is 0 Å². The maximum absolute atomic E-state index is 13.6. The molecule has 4 rings (SSSR count). The van der Waals surface area contributed by atoms with Gasteiger partial charge < -0.3 is 11.1 Å². The number of pyridine rings is 1. The molecular weight excluding hydrogens is 317 g/mol. The lowest BCUT2D eigenvalue weighted by molar-refractivity contribution is 0.0962. The highest BCUT2D eigenvalue weighted by Gasteiger charge is 2.34. The summed E-state index contributed by atoms with van der Waals surface area (Å²) in [6, 6.07) is 7.06. The van der Waals surface area contributed by atoms with Crippen LogP contribution in [0, 0.1) is 5.82 Å². The molecule has 0 aliphatic carbocycles. The number of nitrogens with one attached hydrogen (secondary N) is 1. The number of nitrogens with two attached hydrogens (primary N) is 1. The third kappa shape index (κ3) is 2.04. The number of aromatic nitrogens is 1. The van der Waals surface area contributed by atoms with Gasteiger partial charge in [0.1, 0.15) is 5.82 Å². The molecule has 6 heteroatoms. The van der Waals surface area contributed by atoms with Crippen molar-refractivity contribution in [3.8, 4) is 0 Å². The van der Waals surface area contributed by atoms with Gasteiger partial charge in [0.25, 0.3) is 5.91 Å². The van der Waals surface area contributed by atoms with Crippen molar-refractivity contribution >= 4 is 34.0 Å². The van der Waals surface area contributed by atoms with Crippen molar-refractivity contribution in [2.75, 3.05) is 5.73 Å². The number of carbonyl (C=O) groups is 1. The van der Waals surface area contributed by atoms with Gasteiger partial charge in [-0.25, -0.2) is 4.39 Å². The molecule has 2 aromatic carbocycles. The summed E-state index contributed by atoms with van der Waals surface area (Å²) in [7, 11) is 0. The second-order valence-electron chi connectivity index (χ2n) is 5.42. The summed E-state index contributed by atoms with van der Waals surface area (Å²) in [4.78, 5) is 16.6. The Kier molecular flexibility index (Phi) is 2.99. The first-order valence-corrected chi connectivity index (χ1v) is 7.36. The SMILES string of the molecule is Nc1cc2ccncc2c2c1C(c1cc(F)ccc1Cl)NC2=O. The van der Waals surface area contributed by atoms with E-state index in [1.807, 2.05) is 0 Å². The summed E-state index contributed by atoms with van der Waals surface area (Å²) >= 11 is 6.19. The molecule has 114 valence electrons. The molecule has 3 N–H and O–H groups in total. The van der Waals surface area contributed by atoms with Gasteiger partial charge in [0, 0.05) is 39.6 Å². The molecule has 23 heavy (non-hydrogen) atoms. The lowest BCUT2D eigenvalue weighted by Crippen LogP contribution is -2.20. The van der Waals surface area contributed by atoms with E-state index in [0.717, 1.165) is 5.39 Å². The van der Waals surface area contributed by atoms with Gasteiger partial charge in [-0.15, -0.1) is 0 Å². The van der Waals surface area contributed by atoms with E-state index in [0.29, 0.717) is 32.8 Å². The number of fused-ring (bicyclic) bond motifs is 3. The number of anilines is 1. The zero-order valence-corrected chi connectivity index (χ0v) is 12.6. The molecule has 3 aromatic rings. The van der Waals surface area contributed by atoms with E-state index in [4.69, 9.17) is 17.3 Å². The molecule has 0 fully saturated rings. The third-order valence-electron chi connectivity index (χ3n) is 4.08. The molecule has 1 unspecified atom stereocenters. The van der Waals surface area contributed by atoms with Gasteiger partial charge in [-0.3, -0.25) is 9.78 Å². The Morgan fingerprint density at radius 3 is 2.91 bits per heavy atom. The van der Waals surface area contributed by atoms with E-state index in [2.05, 4.69) is 10.3 Å². The molecule has 1 aromatic heterocycles. The third-order valence-corrected chi connectivity index (χ3v) is 4.42. The zero-order chi connectivity index (χ0) is 16.1. The summed E-state index contributed by atoms with van der Waals surface area (Å²) in [5.74, 6) is -0.691. The Hall–Kier alpha value is -2.66. The molecule has 0 saturated carbocycles. The molecular formula is C17H11ClFN3O. The number of benzene rings is 2. The van der Waals surface area contributed by atoms with Crippen LogP contribution >= 0.6 is 11.6 Å². The minimum absolute atomic E-state index is 0.268. The normalized spacial score (nSPS) is 16.4. The van der Waals surface area contributed by atoms with Crippen LogP contribution in [-0.4, -0.2) is 10.9 Å². The number of carbonyl (C=O) groups excluding carboxylic acids is 1. The lowest BCUT2D eigenvalue weighted by atomic mass is 9.93. The Balaban J connectivity index is 2.02. The minimum Gasteiger partial charge on any atom is -0.398 e. The Labute approximate surface area is 136 Å². The first kappa shape index (κ1) is 14.0. The van der Waals surface area contributed by atoms with Crippen molar-refractivity contribution in [3.05, 3.63) is 70.3 Å². The average Bonchev–Trinajstić information content (AvgIpc) is 2.88. The Morgan fingerprint density at radius 2 is 2.09 bits per heavy atom. The van der Waals surface area contributed by atoms with Crippen LogP contribution in [0.1, 0.15) is 27.5 Å². The number of nitrogen functional groups attached to an aromatic ring is 1. The fourth-order valence-electron chi connectivity index (χ4n) is 3.07. The smallest absolute Gasteiger partial charge is 0.253 e. The predicted octanol–water partition coefficient (Wildman–Crippen LogP) is 3.44. The maximum Gasteiger partial charge on any atom is 0.253 e. The summed E-state index contributed by atoms with van der Waals surface area (Å²) in [5.41, 5.74) is 8.19. The second-order valence-corrected chi connectivity index (χ2v) is 5.83. The fourth-order valence-corrected chi connectivity index (χ4v) is 3.30. The van der Waals surface area contributed by atoms with E-state index in [-0.39, 0.29) is 5.91 Å². The Bertz CT molecular complexity index is 973. The van der Waals surface area contributed by atoms with Crippen molar-refractivity contribution < 1.29 is 9.18 Å². The van der Waals surface area contributed by atoms with Gasteiger partial charge in [-0.2, -0.15) is 0 Å². The number of nitrogens with zero attached hydrogens (tertiary/aromatic N) is 1. The Morgan fingerprint density at radius 1 is 1.26 bits per heavy atom. The first-order valence-electron chi connectivity index (χ1n) is 6.98. The van der Waals surface area contributed by atoms with Crippen molar-refractivity contribution in [1.82, 2.24) is 10.3 Å². The summed E-state index contributed by atoms with van der Waals surface area (Å²) in [6.45, 7) is 0.